The van der Waals surface area contributed by atoms with Crippen LogP contribution in [0.5, 0.6) is 11.5 Å². The molecule has 27 heavy (non-hydrogen) atoms. The summed E-state index contributed by atoms with van der Waals surface area (Å²) in [7, 11) is 0. The van der Waals surface area contributed by atoms with Gasteiger partial charge in [0.05, 0.1) is 11.7 Å². The molecule has 1 unspecified atom stereocenters. The minimum absolute atomic E-state index is 0.0590. The van der Waals surface area contributed by atoms with E-state index in [1.165, 1.54) is 22.6 Å². The Hall–Kier alpha value is -2.22. The topological polar surface area (TPSA) is 60.2 Å². The molecule has 3 aliphatic rings. The summed E-state index contributed by atoms with van der Waals surface area (Å²) < 4.78 is 35.0. The molecule has 4 rings (SSSR count). The van der Waals surface area contributed by atoms with Crippen LogP contribution in [-0.4, -0.2) is 30.0 Å². The lowest BCUT2D eigenvalue weighted by atomic mass is 9.89. The Morgan fingerprint density at radius 3 is 2.81 bits per heavy atom. The van der Waals surface area contributed by atoms with Crippen molar-refractivity contribution in [2.75, 3.05) is 6.61 Å². The van der Waals surface area contributed by atoms with Crippen molar-refractivity contribution in [2.24, 2.45) is 15.9 Å². The van der Waals surface area contributed by atoms with Crippen molar-refractivity contribution in [1.29, 1.82) is 0 Å². The Bertz CT molecular complexity index is 880. The van der Waals surface area contributed by atoms with E-state index in [1.54, 1.807) is 24.8 Å². The molecule has 5 nitrogen and oxygen atoms in total. The zero-order valence-electron chi connectivity index (χ0n) is 14.7. The number of thioether (sulfide) groups is 1. The molecule has 0 spiro atoms. The third kappa shape index (κ3) is 3.50. The Kier molecular flexibility index (Phi) is 4.99. The van der Waals surface area contributed by atoms with Gasteiger partial charge < -0.3 is 9.47 Å². The Morgan fingerprint density at radius 2 is 2.04 bits per heavy atom. The van der Waals surface area contributed by atoms with Crippen LogP contribution in [0, 0.1) is 5.92 Å². The molecule has 1 atom stereocenters. The maximum Gasteiger partial charge on any atom is 0.387 e. The fourth-order valence-corrected chi connectivity index (χ4v) is 4.88. The van der Waals surface area contributed by atoms with Gasteiger partial charge in [0.25, 0.3) is 5.91 Å². The summed E-state index contributed by atoms with van der Waals surface area (Å²) in [5, 5.41) is 0.766. The summed E-state index contributed by atoms with van der Waals surface area (Å²) >= 11 is 1.58. The van der Waals surface area contributed by atoms with Gasteiger partial charge in [0, 0.05) is 5.56 Å². The lowest BCUT2D eigenvalue weighted by Crippen LogP contribution is -2.26. The van der Waals surface area contributed by atoms with E-state index in [-0.39, 0.29) is 35.8 Å². The van der Waals surface area contributed by atoms with Gasteiger partial charge in [-0.3, -0.25) is 4.79 Å². The van der Waals surface area contributed by atoms with Crippen LogP contribution in [0.15, 0.2) is 38.7 Å². The Labute approximate surface area is 159 Å². The van der Waals surface area contributed by atoms with Gasteiger partial charge in [0.2, 0.25) is 0 Å². The molecule has 0 N–H and O–H groups in total. The van der Waals surface area contributed by atoms with E-state index in [9.17, 15) is 13.6 Å². The molecule has 0 bridgehead atoms. The number of halogens is 2. The Balaban J connectivity index is 1.65. The van der Waals surface area contributed by atoms with Crippen molar-refractivity contribution in [3.63, 3.8) is 0 Å². The van der Waals surface area contributed by atoms with Crippen LogP contribution >= 0.6 is 11.8 Å². The maximum absolute atomic E-state index is 12.7. The SMILES string of the molecule is CCOc1cc(C2=NC(=O)C3C(=N2)SC2=C3CCCC2)ccc1OC(F)F. The number of alkyl halides is 2. The number of benzene rings is 1. The molecule has 2 heterocycles. The number of allylic oxidation sites excluding steroid dienone is 1. The molecule has 1 aromatic carbocycles. The first-order chi connectivity index (χ1) is 13.1. The molecule has 0 saturated heterocycles. The van der Waals surface area contributed by atoms with E-state index in [0.717, 1.165) is 30.7 Å². The van der Waals surface area contributed by atoms with Crippen LogP contribution < -0.4 is 9.47 Å². The highest BCUT2D eigenvalue weighted by Gasteiger charge is 2.40. The lowest BCUT2D eigenvalue weighted by molar-refractivity contribution is -0.118. The quantitative estimate of drug-likeness (QED) is 0.737. The number of aliphatic imine (C=N–C) groups is 2. The molecule has 1 amide bonds. The van der Waals surface area contributed by atoms with Crippen molar-refractivity contribution in [3.05, 3.63) is 34.2 Å². The second-order valence-electron chi connectivity index (χ2n) is 6.39. The zero-order valence-corrected chi connectivity index (χ0v) is 15.5. The van der Waals surface area contributed by atoms with Gasteiger partial charge >= 0.3 is 6.61 Å². The minimum Gasteiger partial charge on any atom is -0.490 e. The summed E-state index contributed by atoms with van der Waals surface area (Å²) in [4.78, 5) is 22.7. The van der Waals surface area contributed by atoms with E-state index in [1.807, 2.05) is 0 Å². The average molecular weight is 392 g/mol. The highest BCUT2D eigenvalue weighted by Crippen LogP contribution is 2.47. The number of ether oxygens (including phenoxy) is 2. The normalized spacial score (nSPS) is 21.6. The van der Waals surface area contributed by atoms with Gasteiger partial charge in [-0.2, -0.15) is 13.8 Å². The van der Waals surface area contributed by atoms with Crippen molar-refractivity contribution in [1.82, 2.24) is 0 Å². The van der Waals surface area contributed by atoms with Gasteiger partial charge in [-0.25, -0.2) is 4.99 Å². The number of carbonyl (C=O) groups is 1. The van der Waals surface area contributed by atoms with Crippen LogP contribution in [0.3, 0.4) is 0 Å². The molecule has 0 aromatic heterocycles. The summed E-state index contributed by atoms with van der Waals surface area (Å²) in [5.41, 5.74) is 1.71. The monoisotopic (exact) mass is 392 g/mol. The van der Waals surface area contributed by atoms with Crippen LogP contribution in [0.4, 0.5) is 8.78 Å². The number of amides is 1. The van der Waals surface area contributed by atoms with Crippen molar-refractivity contribution in [3.8, 4) is 11.5 Å². The standard InChI is InChI=1S/C19H18F2N2O3S/c1-2-25-13-9-10(7-8-12(13)26-19(20)21)16-22-17(24)15-11-5-3-4-6-14(11)27-18(15)23-16/h7-9,15,19H,2-6H2,1H3. The fraction of sp³-hybridized carbons (Fsp3) is 0.421. The van der Waals surface area contributed by atoms with Crippen molar-refractivity contribution < 1.29 is 23.0 Å². The van der Waals surface area contributed by atoms with Gasteiger partial charge in [-0.05, 0) is 61.3 Å². The van der Waals surface area contributed by atoms with Crippen LogP contribution in [0.1, 0.15) is 38.2 Å². The number of rotatable bonds is 5. The summed E-state index contributed by atoms with van der Waals surface area (Å²) in [5.74, 6) is -0.147. The Morgan fingerprint density at radius 1 is 1.22 bits per heavy atom. The first-order valence-corrected chi connectivity index (χ1v) is 9.71. The van der Waals surface area contributed by atoms with E-state index < -0.39 is 6.61 Å². The van der Waals surface area contributed by atoms with Crippen molar-refractivity contribution in [2.45, 2.75) is 39.2 Å². The van der Waals surface area contributed by atoms with Gasteiger partial charge in [0.1, 0.15) is 5.92 Å². The summed E-state index contributed by atoms with van der Waals surface area (Å²) in [6, 6.07) is 4.48. The second kappa shape index (κ2) is 7.42. The molecule has 0 radical (unpaired) electrons. The summed E-state index contributed by atoms with van der Waals surface area (Å²) in [6.45, 7) is -0.911. The number of hydrogen-bond donors (Lipinski definition) is 0. The number of nitrogens with zero attached hydrogens (tertiary/aromatic N) is 2. The largest absolute Gasteiger partial charge is 0.490 e. The number of hydrogen-bond acceptors (Lipinski definition) is 5. The maximum atomic E-state index is 12.7. The van der Waals surface area contributed by atoms with Gasteiger partial charge in [0.15, 0.2) is 17.3 Å². The minimum atomic E-state index is -2.95. The van der Waals surface area contributed by atoms with E-state index in [4.69, 9.17) is 4.74 Å². The molecule has 142 valence electrons. The van der Waals surface area contributed by atoms with Gasteiger partial charge in [-0.15, -0.1) is 0 Å². The lowest BCUT2D eigenvalue weighted by Gasteiger charge is -2.19. The zero-order chi connectivity index (χ0) is 19.0. The molecule has 0 saturated carbocycles. The highest BCUT2D eigenvalue weighted by atomic mass is 32.2. The fourth-order valence-electron chi connectivity index (χ4n) is 3.54. The number of carbonyl (C=O) groups excluding carboxylic acids is 1. The molecular weight excluding hydrogens is 374 g/mol. The molecule has 1 aromatic rings. The third-order valence-corrected chi connectivity index (χ3v) is 5.93. The number of amidine groups is 1. The van der Waals surface area contributed by atoms with Crippen LogP contribution in [0.25, 0.3) is 0 Å². The third-order valence-electron chi connectivity index (χ3n) is 4.68. The predicted molar refractivity (Wildman–Crippen MR) is 99.8 cm³/mol. The number of fused-ring (bicyclic) bond motifs is 2. The van der Waals surface area contributed by atoms with Crippen LogP contribution in [0.2, 0.25) is 0 Å². The molecule has 0 fully saturated rings. The van der Waals surface area contributed by atoms with E-state index >= 15 is 0 Å². The van der Waals surface area contributed by atoms with E-state index in [2.05, 4.69) is 14.7 Å². The molecule has 1 aliphatic carbocycles. The second-order valence-corrected chi connectivity index (χ2v) is 7.50. The predicted octanol–water partition coefficient (Wildman–Crippen LogP) is 4.56. The van der Waals surface area contributed by atoms with Crippen molar-refractivity contribution >= 4 is 28.5 Å². The summed E-state index contributed by atoms with van der Waals surface area (Å²) in [6.07, 6.45) is 4.15. The van der Waals surface area contributed by atoms with Crippen LogP contribution in [-0.2, 0) is 4.79 Å². The first kappa shape index (κ1) is 18.2. The molecule has 2 aliphatic heterocycles. The average Bonchev–Trinajstić information content (AvgIpc) is 3.02. The molecule has 8 heteroatoms. The first-order valence-electron chi connectivity index (χ1n) is 8.89. The smallest absolute Gasteiger partial charge is 0.387 e. The van der Waals surface area contributed by atoms with Gasteiger partial charge in [-0.1, -0.05) is 11.8 Å². The van der Waals surface area contributed by atoms with E-state index in [0.29, 0.717) is 5.56 Å². The highest BCUT2D eigenvalue weighted by molar-refractivity contribution is 8.17. The molecular formula is C19H18F2N2O3S.